The topological polar surface area (TPSA) is 23.6 Å². The van der Waals surface area contributed by atoms with Crippen molar-refractivity contribution in [2.45, 2.75) is 12.1 Å². The van der Waals surface area contributed by atoms with E-state index in [0.29, 0.717) is 11.4 Å². The van der Waals surface area contributed by atoms with Crippen LogP contribution in [0.15, 0.2) is 18.2 Å². The van der Waals surface area contributed by atoms with Crippen LogP contribution in [0.25, 0.3) is 0 Å². The third kappa shape index (κ3) is 3.43. The molecule has 0 radical (unpaired) electrons. The summed E-state index contributed by atoms with van der Waals surface area (Å²) in [6.07, 6.45) is -5.92. The fraction of sp³-hybridized carbons (Fsp3) is 0.462. The van der Waals surface area contributed by atoms with Crippen molar-refractivity contribution in [3.8, 4) is 0 Å². The van der Waals surface area contributed by atoms with Crippen molar-refractivity contribution in [2.75, 3.05) is 38.0 Å². The summed E-state index contributed by atoms with van der Waals surface area (Å²) in [5, 5.41) is 0. The summed E-state index contributed by atoms with van der Waals surface area (Å²) < 4.78 is 63.2. The minimum Gasteiger partial charge on any atom is -0.378 e. The molecule has 0 saturated heterocycles. The summed E-state index contributed by atoms with van der Waals surface area (Å²) in [7, 11) is 6.35. The van der Waals surface area contributed by atoms with Crippen LogP contribution >= 0.6 is 0 Å². The Kier molecular flexibility index (Phi) is 4.50. The van der Waals surface area contributed by atoms with Gasteiger partial charge in [0.1, 0.15) is 0 Å². The Morgan fingerprint density at radius 2 is 1.24 bits per heavy atom. The molecule has 0 aliphatic rings. The average molecular weight is 310 g/mol. The molecule has 0 N–H and O–H groups in total. The van der Waals surface area contributed by atoms with Gasteiger partial charge in [-0.2, -0.15) is 22.0 Å². The first-order valence-corrected chi connectivity index (χ1v) is 5.87. The molecular weight excluding hydrogens is 295 g/mol. The Hall–Kier alpha value is -1.86. The van der Waals surface area contributed by atoms with Crippen molar-refractivity contribution in [1.82, 2.24) is 0 Å². The third-order valence-corrected chi connectivity index (χ3v) is 2.84. The van der Waals surface area contributed by atoms with Gasteiger partial charge in [0.15, 0.2) is 0 Å². The average Bonchev–Trinajstić information content (AvgIpc) is 2.35. The highest BCUT2D eigenvalue weighted by Crippen LogP contribution is 2.39. The van der Waals surface area contributed by atoms with Crippen molar-refractivity contribution in [1.29, 1.82) is 0 Å². The molecule has 21 heavy (non-hydrogen) atoms. The summed E-state index contributed by atoms with van der Waals surface area (Å²) in [6, 6.07) is 3.59. The number of benzene rings is 1. The number of halogens is 5. The van der Waals surface area contributed by atoms with Gasteiger partial charge < -0.3 is 9.80 Å². The maximum atomic E-state index is 13.2. The lowest BCUT2D eigenvalue weighted by Gasteiger charge is -2.22. The van der Waals surface area contributed by atoms with E-state index in [2.05, 4.69) is 0 Å². The Morgan fingerprint density at radius 3 is 1.52 bits per heavy atom. The fourth-order valence-electron chi connectivity index (χ4n) is 1.55. The van der Waals surface area contributed by atoms with E-state index in [4.69, 9.17) is 0 Å². The van der Waals surface area contributed by atoms with Crippen molar-refractivity contribution < 1.29 is 26.7 Å². The van der Waals surface area contributed by atoms with Crippen LogP contribution in [-0.4, -0.2) is 46.1 Å². The van der Waals surface area contributed by atoms with Crippen LogP contribution in [0.3, 0.4) is 0 Å². The van der Waals surface area contributed by atoms with Gasteiger partial charge in [0.2, 0.25) is 5.78 Å². The molecule has 3 nitrogen and oxygen atoms in total. The number of nitrogens with zero attached hydrogens (tertiary/aromatic N) is 2. The Balaban J connectivity index is 3.39. The molecule has 0 bridgehead atoms. The lowest BCUT2D eigenvalue weighted by molar-refractivity contribution is -0.255. The van der Waals surface area contributed by atoms with E-state index in [1.54, 1.807) is 34.3 Å². The number of carbonyl (C=O) groups excluding carboxylic acids is 1. The maximum absolute atomic E-state index is 13.2. The second-order valence-corrected chi connectivity index (χ2v) is 4.93. The number of rotatable bonds is 4. The molecule has 0 atom stereocenters. The van der Waals surface area contributed by atoms with E-state index < -0.39 is 23.4 Å². The number of alkyl halides is 5. The highest BCUT2D eigenvalue weighted by atomic mass is 19.4. The number of carbonyl (C=O) groups is 1. The molecule has 118 valence electrons. The molecule has 0 saturated carbocycles. The Bertz CT molecular complexity index is 512. The smallest absolute Gasteiger partial charge is 0.378 e. The SMILES string of the molecule is CN(C)c1cc(C(=O)C(F)(F)C(F)(F)F)cc(N(C)C)c1. The first kappa shape index (κ1) is 17.2. The van der Waals surface area contributed by atoms with Gasteiger partial charge in [0.05, 0.1) is 0 Å². The van der Waals surface area contributed by atoms with Gasteiger partial charge in [-0.3, -0.25) is 4.79 Å². The number of Topliss-reactive ketones (excluding diaryl/α,β-unsaturated/α-hetero) is 1. The first-order valence-electron chi connectivity index (χ1n) is 5.87. The number of anilines is 2. The van der Waals surface area contributed by atoms with E-state index in [0.717, 1.165) is 12.1 Å². The van der Waals surface area contributed by atoms with Crippen molar-refractivity contribution in [2.24, 2.45) is 0 Å². The van der Waals surface area contributed by atoms with Crippen molar-refractivity contribution >= 4 is 17.2 Å². The number of hydrogen-bond acceptors (Lipinski definition) is 3. The normalized spacial score (nSPS) is 12.2. The monoisotopic (exact) mass is 310 g/mol. The largest absolute Gasteiger partial charge is 0.461 e. The highest BCUT2D eigenvalue weighted by Gasteiger charge is 2.63. The standard InChI is InChI=1S/C13H15F5N2O/c1-19(2)9-5-8(6-10(7-9)20(3)4)11(21)12(14,15)13(16,17)18/h5-7H,1-4H3. The predicted molar refractivity (Wildman–Crippen MR) is 70.4 cm³/mol. The third-order valence-electron chi connectivity index (χ3n) is 2.84. The second kappa shape index (κ2) is 5.50. The lowest BCUT2D eigenvalue weighted by atomic mass is 10.0. The zero-order valence-corrected chi connectivity index (χ0v) is 11.9. The first-order chi connectivity index (χ1) is 9.37. The quantitative estimate of drug-likeness (QED) is 0.630. The maximum Gasteiger partial charge on any atom is 0.461 e. The van der Waals surface area contributed by atoms with Gasteiger partial charge in [-0.25, -0.2) is 0 Å². The zero-order chi connectivity index (χ0) is 16.6. The summed E-state index contributed by atoms with van der Waals surface area (Å²) in [6.45, 7) is 0. The second-order valence-electron chi connectivity index (χ2n) is 4.93. The van der Waals surface area contributed by atoms with E-state index in [1.807, 2.05) is 0 Å². The van der Waals surface area contributed by atoms with Gasteiger partial charge in [-0.05, 0) is 18.2 Å². The van der Waals surface area contributed by atoms with E-state index >= 15 is 0 Å². The molecule has 0 unspecified atom stereocenters. The van der Waals surface area contributed by atoms with Crippen LogP contribution in [0, 0.1) is 0 Å². The molecule has 0 aliphatic carbocycles. The van der Waals surface area contributed by atoms with Gasteiger partial charge >= 0.3 is 12.1 Å². The van der Waals surface area contributed by atoms with Gasteiger partial charge in [-0.15, -0.1) is 0 Å². The van der Waals surface area contributed by atoms with Crippen molar-refractivity contribution in [3.05, 3.63) is 23.8 Å². The molecule has 0 heterocycles. The van der Waals surface area contributed by atoms with Gasteiger partial charge in [-0.1, -0.05) is 0 Å². The van der Waals surface area contributed by atoms with Crippen LogP contribution in [0.4, 0.5) is 33.3 Å². The minimum absolute atomic E-state index is 0.350. The predicted octanol–water partition coefficient (Wildman–Crippen LogP) is 3.20. The molecular formula is C13H15F5N2O. The zero-order valence-electron chi connectivity index (χ0n) is 11.9. The van der Waals surface area contributed by atoms with Gasteiger partial charge in [0, 0.05) is 45.1 Å². The molecule has 0 amide bonds. The molecule has 1 rings (SSSR count). The number of ketones is 1. The molecule has 0 fully saturated rings. The molecule has 1 aromatic carbocycles. The number of hydrogen-bond donors (Lipinski definition) is 0. The van der Waals surface area contributed by atoms with Crippen LogP contribution in [0.2, 0.25) is 0 Å². The molecule has 1 aromatic rings. The van der Waals surface area contributed by atoms with Crippen LogP contribution in [-0.2, 0) is 0 Å². The summed E-state index contributed by atoms with van der Waals surface area (Å²) in [5.41, 5.74) is 0.0114. The van der Waals surface area contributed by atoms with Crippen molar-refractivity contribution in [3.63, 3.8) is 0 Å². The van der Waals surface area contributed by atoms with Crippen LogP contribution in [0.5, 0.6) is 0 Å². The molecule has 0 spiro atoms. The lowest BCUT2D eigenvalue weighted by Crippen LogP contribution is -2.44. The van der Waals surface area contributed by atoms with E-state index in [9.17, 15) is 26.7 Å². The summed E-state index contributed by atoms with van der Waals surface area (Å²) >= 11 is 0. The Morgan fingerprint density at radius 1 is 0.857 bits per heavy atom. The van der Waals surface area contributed by atoms with Crippen LogP contribution in [0.1, 0.15) is 10.4 Å². The highest BCUT2D eigenvalue weighted by molar-refractivity contribution is 6.03. The summed E-state index contributed by atoms with van der Waals surface area (Å²) in [5.74, 6) is -7.68. The molecule has 8 heteroatoms. The van der Waals surface area contributed by atoms with Gasteiger partial charge in [0.25, 0.3) is 0 Å². The summed E-state index contributed by atoms with van der Waals surface area (Å²) in [4.78, 5) is 14.6. The molecule has 0 aromatic heterocycles. The van der Waals surface area contributed by atoms with E-state index in [1.165, 1.54) is 9.80 Å². The molecule has 0 aliphatic heterocycles. The van der Waals surface area contributed by atoms with E-state index in [-0.39, 0.29) is 0 Å². The fourth-order valence-corrected chi connectivity index (χ4v) is 1.55. The van der Waals surface area contributed by atoms with Crippen LogP contribution < -0.4 is 9.80 Å². The minimum atomic E-state index is -5.92. The Labute approximate surface area is 118 Å².